The first kappa shape index (κ1) is 19.0. The van der Waals surface area contributed by atoms with Crippen molar-refractivity contribution in [1.82, 2.24) is 4.90 Å². The van der Waals surface area contributed by atoms with E-state index in [1.807, 2.05) is 0 Å². The van der Waals surface area contributed by atoms with E-state index in [1.54, 1.807) is 39.0 Å². The van der Waals surface area contributed by atoms with Gasteiger partial charge in [0.1, 0.15) is 17.8 Å². The molecule has 0 aliphatic carbocycles. The van der Waals surface area contributed by atoms with Gasteiger partial charge in [0.05, 0.1) is 17.3 Å². The van der Waals surface area contributed by atoms with Crippen LogP contribution in [0.2, 0.25) is 5.02 Å². The molecule has 0 bridgehead atoms. The van der Waals surface area contributed by atoms with Crippen LogP contribution in [-0.2, 0) is 9.53 Å². The van der Waals surface area contributed by atoms with Crippen molar-refractivity contribution in [1.29, 1.82) is 0 Å². The maximum atomic E-state index is 13.8. The Balaban J connectivity index is 2.14. The number of likely N-dealkylation sites (tertiary alicyclic amines) is 1. The number of nitrogens with one attached hydrogen (secondary N) is 1. The first-order valence-corrected chi connectivity index (χ1v) is 8.64. The molecule has 2 amide bonds. The van der Waals surface area contributed by atoms with Gasteiger partial charge in [-0.05, 0) is 48.8 Å². The van der Waals surface area contributed by atoms with Crippen LogP contribution in [0.3, 0.4) is 0 Å². The second-order valence-electron chi connectivity index (χ2n) is 6.57. The zero-order valence-corrected chi connectivity index (χ0v) is 15.9. The van der Waals surface area contributed by atoms with Gasteiger partial charge in [0.25, 0.3) is 0 Å². The SMILES string of the molecule is CC(C)(C)OC(=O)N1C[C@H](F)C[C@H]1C(=O)Nc1cccc(Br)c1Cl. The first-order valence-electron chi connectivity index (χ1n) is 7.47. The predicted molar refractivity (Wildman–Crippen MR) is 94.0 cm³/mol. The van der Waals surface area contributed by atoms with Gasteiger partial charge in [0.15, 0.2) is 0 Å². The summed E-state index contributed by atoms with van der Waals surface area (Å²) in [4.78, 5) is 25.8. The Morgan fingerprint density at radius 3 is 2.71 bits per heavy atom. The smallest absolute Gasteiger partial charge is 0.411 e. The van der Waals surface area contributed by atoms with E-state index >= 15 is 0 Å². The molecule has 0 spiro atoms. The topological polar surface area (TPSA) is 58.6 Å². The lowest BCUT2D eigenvalue weighted by atomic mass is 10.2. The number of carbonyl (C=O) groups is 2. The quantitative estimate of drug-likeness (QED) is 0.770. The molecule has 1 aliphatic rings. The average Bonchev–Trinajstić information content (AvgIpc) is 2.84. The van der Waals surface area contributed by atoms with Gasteiger partial charge in [-0.1, -0.05) is 17.7 Å². The summed E-state index contributed by atoms with van der Waals surface area (Å²) in [6.45, 7) is 4.97. The summed E-state index contributed by atoms with van der Waals surface area (Å²) in [6.07, 6.45) is -2.05. The highest BCUT2D eigenvalue weighted by Crippen LogP contribution is 2.31. The molecule has 0 aromatic heterocycles. The number of carbonyl (C=O) groups excluding carboxylic acids is 2. The van der Waals surface area contributed by atoms with E-state index in [0.29, 0.717) is 15.2 Å². The van der Waals surface area contributed by atoms with Crippen LogP contribution in [0, 0.1) is 0 Å². The molecule has 2 rings (SSSR count). The summed E-state index contributed by atoms with van der Waals surface area (Å²) in [5.74, 6) is -0.499. The fraction of sp³-hybridized carbons (Fsp3) is 0.500. The van der Waals surface area contributed by atoms with Gasteiger partial charge in [-0.3, -0.25) is 9.69 Å². The van der Waals surface area contributed by atoms with Crippen molar-refractivity contribution >= 4 is 45.2 Å². The molecule has 1 N–H and O–H groups in total. The number of ether oxygens (including phenoxy) is 1. The van der Waals surface area contributed by atoms with Crippen LogP contribution in [0.15, 0.2) is 22.7 Å². The predicted octanol–water partition coefficient (Wildman–Crippen LogP) is 4.39. The minimum atomic E-state index is -1.27. The van der Waals surface area contributed by atoms with Gasteiger partial charge >= 0.3 is 6.09 Å². The molecule has 5 nitrogen and oxygen atoms in total. The van der Waals surface area contributed by atoms with Crippen molar-refractivity contribution in [3.63, 3.8) is 0 Å². The van der Waals surface area contributed by atoms with E-state index < -0.39 is 29.8 Å². The van der Waals surface area contributed by atoms with E-state index in [9.17, 15) is 14.0 Å². The number of benzene rings is 1. The van der Waals surface area contributed by atoms with Crippen LogP contribution in [0.25, 0.3) is 0 Å². The molecule has 0 saturated carbocycles. The van der Waals surface area contributed by atoms with Crippen LogP contribution in [0.4, 0.5) is 14.9 Å². The van der Waals surface area contributed by atoms with E-state index in [4.69, 9.17) is 16.3 Å². The van der Waals surface area contributed by atoms with E-state index in [0.717, 1.165) is 4.90 Å². The highest BCUT2D eigenvalue weighted by molar-refractivity contribution is 9.10. The van der Waals surface area contributed by atoms with Gasteiger partial charge in [-0.25, -0.2) is 9.18 Å². The summed E-state index contributed by atoms with van der Waals surface area (Å²) in [6, 6.07) is 4.14. The maximum Gasteiger partial charge on any atom is 0.411 e. The summed E-state index contributed by atoms with van der Waals surface area (Å²) in [5.41, 5.74) is -0.331. The molecular weight excluding hydrogens is 403 g/mol. The highest BCUT2D eigenvalue weighted by atomic mass is 79.9. The number of halogens is 3. The average molecular weight is 422 g/mol. The molecule has 1 aromatic carbocycles. The normalized spacial score (nSPS) is 20.8. The highest BCUT2D eigenvalue weighted by Gasteiger charge is 2.41. The van der Waals surface area contributed by atoms with E-state index in [1.165, 1.54) is 0 Å². The van der Waals surface area contributed by atoms with Crippen LogP contribution in [-0.4, -0.2) is 41.3 Å². The number of rotatable bonds is 2. The van der Waals surface area contributed by atoms with Gasteiger partial charge in [-0.15, -0.1) is 0 Å². The third-order valence-electron chi connectivity index (χ3n) is 3.39. The molecular formula is C16H19BrClFN2O3. The summed E-state index contributed by atoms with van der Waals surface area (Å²) >= 11 is 9.39. The summed E-state index contributed by atoms with van der Waals surface area (Å²) in [5, 5.41) is 2.98. The molecule has 1 fully saturated rings. The van der Waals surface area contributed by atoms with Crippen LogP contribution >= 0.6 is 27.5 Å². The molecule has 2 atom stereocenters. The Morgan fingerprint density at radius 1 is 1.42 bits per heavy atom. The lowest BCUT2D eigenvalue weighted by Crippen LogP contribution is -2.45. The minimum absolute atomic E-state index is 0.0727. The van der Waals surface area contributed by atoms with E-state index in [2.05, 4.69) is 21.2 Å². The molecule has 0 unspecified atom stereocenters. The minimum Gasteiger partial charge on any atom is -0.444 e. The zero-order chi connectivity index (χ0) is 18.1. The Labute approximate surface area is 153 Å². The van der Waals surface area contributed by atoms with E-state index in [-0.39, 0.29) is 13.0 Å². The Morgan fingerprint density at radius 2 is 2.08 bits per heavy atom. The molecule has 1 aliphatic heterocycles. The molecule has 1 saturated heterocycles. The maximum absolute atomic E-state index is 13.8. The van der Waals surface area contributed by atoms with Gasteiger partial charge in [0, 0.05) is 10.9 Å². The number of hydrogen-bond donors (Lipinski definition) is 1. The largest absolute Gasteiger partial charge is 0.444 e. The molecule has 1 heterocycles. The molecule has 8 heteroatoms. The fourth-order valence-corrected chi connectivity index (χ4v) is 2.91. The standard InChI is InChI=1S/C16H19BrClFN2O3/c1-16(2,3)24-15(23)21-8-9(19)7-12(21)14(22)20-11-6-4-5-10(17)13(11)18/h4-6,9,12H,7-8H2,1-3H3,(H,20,22)/t9-,12+/m1/s1. The zero-order valence-electron chi connectivity index (χ0n) is 13.6. The second kappa shape index (κ2) is 7.27. The van der Waals surface area contributed by atoms with Crippen molar-refractivity contribution in [3.05, 3.63) is 27.7 Å². The lowest BCUT2D eigenvalue weighted by molar-refractivity contribution is -0.120. The van der Waals surface area contributed by atoms with Crippen molar-refractivity contribution in [2.24, 2.45) is 0 Å². The second-order valence-corrected chi connectivity index (χ2v) is 7.80. The van der Waals surface area contributed by atoms with Crippen LogP contribution in [0.1, 0.15) is 27.2 Å². The Bertz CT molecular complexity index is 651. The summed E-state index contributed by atoms with van der Waals surface area (Å²) in [7, 11) is 0. The van der Waals surface area contributed by atoms with Gasteiger partial charge in [0.2, 0.25) is 5.91 Å². The van der Waals surface area contributed by atoms with Crippen molar-refractivity contribution in [2.45, 2.75) is 45.0 Å². The summed E-state index contributed by atoms with van der Waals surface area (Å²) < 4.78 is 19.7. The van der Waals surface area contributed by atoms with Crippen molar-refractivity contribution in [2.75, 3.05) is 11.9 Å². The van der Waals surface area contributed by atoms with Gasteiger partial charge < -0.3 is 10.1 Å². The molecule has 0 radical (unpaired) electrons. The van der Waals surface area contributed by atoms with Crippen LogP contribution in [0.5, 0.6) is 0 Å². The number of hydrogen-bond acceptors (Lipinski definition) is 3. The number of anilines is 1. The molecule has 1 aromatic rings. The number of nitrogens with zero attached hydrogens (tertiary/aromatic N) is 1. The first-order chi connectivity index (χ1) is 11.1. The van der Waals surface area contributed by atoms with Gasteiger partial charge in [-0.2, -0.15) is 0 Å². The monoisotopic (exact) mass is 420 g/mol. The number of alkyl halides is 1. The third-order valence-corrected chi connectivity index (χ3v) is 4.69. The number of amides is 2. The lowest BCUT2D eigenvalue weighted by Gasteiger charge is -2.27. The molecule has 132 valence electrons. The third kappa shape index (κ3) is 4.60. The van der Waals surface area contributed by atoms with Crippen molar-refractivity contribution < 1.29 is 18.7 Å². The Kier molecular flexibility index (Phi) is 5.75. The van der Waals surface area contributed by atoms with Crippen molar-refractivity contribution in [3.8, 4) is 0 Å². The van der Waals surface area contributed by atoms with Crippen LogP contribution < -0.4 is 5.32 Å². The molecule has 24 heavy (non-hydrogen) atoms. The Hall–Kier alpha value is -1.34. The fourth-order valence-electron chi connectivity index (χ4n) is 2.37.